The summed E-state index contributed by atoms with van der Waals surface area (Å²) in [6.07, 6.45) is -0.451. The number of hydrogen-bond acceptors (Lipinski definition) is 3. The van der Waals surface area contributed by atoms with Crippen molar-refractivity contribution in [3.8, 4) is 0 Å². The van der Waals surface area contributed by atoms with Gasteiger partial charge in [-0.25, -0.2) is 0 Å². The minimum absolute atomic E-state index is 0.0719. The zero-order chi connectivity index (χ0) is 16.9. The van der Waals surface area contributed by atoms with E-state index < -0.39 is 6.10 Å². The Morgan fingerprint density at radius 1 is 1.04 bits per heavy atom. The van der Waals surface area contributed by atoms with Crippen molar-refractivity contribution in [2.75, 3.05) is 6.54 Å². The number of nitrogens with zero attached hydrogens (tertiary/aromatic N) is 1. The molecule has 3 rings (SSSR count). The highest BCUT2D eigenvalue weighted by molar-refractivity contribution is 5.78. The maximum absolute atomic E-state index is 12.4. The fourth-order valence-corrected chi connectivity index (χ4v) is 2.95. The molecule has 24 heavy (non-hydrogen) atoms. The Morgan fingerprint density at radius 3 is 2.50 bits per heavy atom. The van der Waals surface area contributed by atoms with Crippen LogP contribution in [0.15, 0.2) is 65.5 Å². The van der Waals surface area contributed by atoms with E-state index in [4.69, 9.17) is 0 Å². The summed E-state index contributed by atoms with van der Waals surface area (Å²) in [6, 6.07) is 19.8. The van der Waals surface area contributed by atoms with Gasteiger partial charge in [0, 0.05) is 30.7 Å². The van der Waals surface area contributed by atoms with Crippen molar-refractivity contribution in [2.45, 2.75) is 26.1 Å². The highest BCUT2D eigenvalue weighted by Crippen LogP contribution is 2.13. The summed E-state index contributed by atoms with van der Waals surface area (Å²) in [7, 11) is 0. The van der Waals surface area contributed by atoms with E-state index in [1.165, 1.54) is 0 Å². The molecule has 4 nitrogen and oxygen atoms in total. The molecule has 124 valence electrons. The van der Waals surface area contributed by atoms with Gasteiger partial charge in [0.2, 0.25) is 0 Å². The number of aromatic amines is 1. The zero-order valence-electron chi connectivity index (χ0n) is 13.8. The molecule has 0 spiro atoms. The molecule has 0 aliphatic carbocycles. The Balaban J connectivity index is 1.86. The predicted octanol–water partition coefficient (Wildman–Crippen LogP) is 2.91. The van der Waals surface area contributed by atoms with E-state index in [0.717, 1.165) is 16.5 Å². The molecule has 1 atom stereocenters. The molecule has 1 aromatic heterocycles. The predicted molar refractivity (Wildman–Crippen MR) is 96.8 cm³/mol. The lowest BCUT2D eigenvalue weighted by Crippen LogP contribution is -2.32. The van der Waals surface area contributed by atoms with Crippen LogP contribution in [0.3, 0.4) is 0 Å². The van der Waals surface area contributed by atoms with Gasteiger partial charge in [-0.2, -0.15) is 0 Å². The number of aliphatic hydroxyl groups excluding tert-OH is 1. The van der Waals surface area contributed by atoms with E-state index in [1.807, 2.05) is 48.5 Å². The minimum Gasteiger partial charge on any atom is -0.392 e. The van der Waals surface area contributed by atoms with Gasteiger partial charge >= 0.3 is 0 Å². The summed E-state index contributed by atoms with van der Waals surface area (Å²) in [4.78, 5) is 17.4. The lowest BCUT2D eigenvalue weighted by molar-refractivity contribution is 0.118. The average molecular weight is 322 g/mol. The number of pyridine rings is 1. The Bertz CT molecular complexity index is 856. The van der Waals surface area contributed by atoms with E-state index in [-0.39, 0.29) is 5.56 Å². The first-order valence-corrected chi connectivity index (χ1v) is 8.17. The van der Waals surface area contributed by atoms with Gasteiger partial charge in [0.15, 0.2) is 0 Å². The van der Waals surface area contributed by atoms with E-state index in [1.54, 1.807) is 6.92 Å². The van der Waals surface area contributed by atoms with E-state index in [0.29, 0.717) is 25.2 Å². The molecule has 1 heterocycles. The van der Waals surface area contributed by atoms with E-state index >= 15 is 0 Å². The summed E-state index contributed by atoms with van der Waals surface area (Å²) in [5, 5.41) is 10.8. The second-order valence-electron chi connectivity index (χ2n) is 6.22. The van der Waals surface area contributed by atoms with Crippen LogP contribution in [0.5, 0.6) is 0 Å². The molecular weight excluding hydrogens is 300 g/mol. The maximum atomic E-state index is 12.4. The Morgan fingerprint density at radius 2 is 1.75 bits per heavy atom. The smallest absolute Gasteiger partial charge is 0.252 e. The molecule has 0 unspecified atom stereocenters. The molecule has 3 aromatic rings. The molecule has 2 N–H and O–H groups in total. The Kier molecular flexibility index (Phi) is 5.08. The van der Waals surface area contributed by atoms with Gasteiger partial charge in [0.25, 0.3) is 5.56 Å². The van der Waals surface area contributed by atoms with E-state index in [2.05, 4.69) is 22.0 Å². The Labute approximate surface area is 141 Å². The van der Waals surface area contributed by atoms with Crippen molar-refractivity contribution in [3.63, 3.8) is 0 Å². The van der Waals surface area contributed by atoms with Crippen LogP contribution < -0.4 is 5.56 Å². The van der Waals surface area contributed by atoms with Crippen LogP contribution in [-0.4, -0.2) is 27.6 Å². The second-order valence-corrected chi connectivity index (χ2v) is 6.22. The molecule has 0 aliphatic rings. The Hall–Kier alpha value is -2.43. The van der Waals surface area contributed by atoms with Crippen LogP contribution >= 0.6 is 0 Å². The molecule has 0 bridgehead atoms. The number of rotatable bonds is 6. The van der Waals surface area contributed by atoms with Crippen molar-refractivity contribution in [1.29, 1.82) is 0 Å². The molecule has 0 amide bonds. The van der Waals surface area contributed by atoms with Gasteiger partial charge in [-0.1, -0.05) is 48.5 Å². The number of para-hydroxylation sites is 1. The number of nitrogens with one attached hydrogen (secondary N) is 1. The highest BCUT2D eigenvalue weighted by Gasteiger charge is 2.12. The first kappa shape index (κ1) is 16.4. The topological polar surface area (TPSA) is 56.3 Å². The molecule has 0 aliphatic heterocycles. The number of H-pyrrole nitrogens is 1. The SMILES string of the molecule is C[C@H](O)CN(Cc1ccccc1)Cc1cc2ccccc2[nH]c1=O. The van der Waals surface area contributed by atoms with Crippen LogP contribution in [0.4, 0.5) is 0 Å². The molecule has 0 saturated heterocycles. The van der Waals surface area contributed by atoms with Crippen molar-refractivity contribution < 1.29 is 5.11 Å². The molecule has 0 radical (unpaired) electrons. The summed E-state index contributed by atoms with van der Waals surface area (Å²) in [6.45, 7) is 3.47. The van der Waals surface area contributed by atoms with Gasteiger partial charge < -0.3 is 10.1 Å². The van der Waals surface area contributed by atoms with Crippen molar-refractivity contribution >= 4 is 10.9 Å². The number of fused-ring (bicyclic) bond motifs is 1. The summed E-state index contributed by atoms with van der Waals surface area (Å²) >= 11 is 0. The summed E-state index contributed by atoms with van der Waals surface area (Å²) < 4.78 is 0. The van der Waals surface area contributed by atoms with Gasteiger partial charge in [0.05, 0.1) is 6.10 Å². The normalized spacial score (nSPS) is 12.6. The third-order valence-electron chi connectivity index (χ3n) is 4.00. The quantitative estimate of drug-likeness (QED) is 0.734. The fraction of sp³-hybridized carbons (Fsp3) is 0.250. The average Bonchev–Trinajstić information content (AvgIpc) is 2.56. The number of aliphatic hydroxyl groups is 1. The molecule has 0 fully saturated rings. The first-order chi connectivity index (χ1) is 11.6. The molecule has 0 saturated carbocycles. The van der Waals surface area contributed by atoms with Crippen LogP contribution in [0, 0.1) is 0 Å². The van der Waals surface area contributed by atoms with Crippen LogP contribution in [-0.2, 0) is 13.1 Å². The van der Waals surface area contributed by atoms with E-state index in [9.17, 15) is 9.90 Å². The standard InChI is InChI=1S/C20H22N2O2/c1-15(23)12-22(13-16-7-3-2-4-8-16)14-18-11-17-9-5-6-10-19(17)21-20(18)24/h2-11,15,23H,12-14H2,1H3,(H,21,24)/t15-/m0/s1. The van der Waals surface area contributed by atoms with Crippen LogP contribution in [0.2, 0.25) is 0 Å². The lowest BCUT2D eigenvalue weighted by atomic mass is 10.1. The number of aromatic nitrogens is 1. The van der Waals surface area contributed by atoms with Crippen molar-refractivity contribution in [1.82, 2.24) is 9.88 Å². The highest BCUT2D eigenvalue weighted by atomic mass is 16.3. The minimum atomic E-state index is -0.451. The fourth-order valence-electron chi connectivity index (χ4n) is 2.95. The van der Waals surface area contributed by atoms with Crippen molar-refractivity contribution in [2.24, 2.45) is 0 Å². The van der Waals surface area contributed by atoms with Crippen LogP contribution in [0.1, 0.15) is 18.1 Å². The molecular formula is C20H22N2O2. The first-order valence-electron chi connectivity index (χ1n) is 8.17. The zero-order valence-corrected chi connectivity index (χ0v) is 13.8. The van der Waals surface area contributed by atoms with Gasteiger partial charge in [-0.15, -0.1) is 0 Å². The molecule has 2 aromatic carbocycles. The number of hydrogen-bond donors (Lipinski definition) is 2. The monoisotopic (exact) mass is 322 g/mol. The van der Waals surface area contributed by atoms with Gasteiger partial charge in [0.1, 0.15) is 0 Å². The summed E-state index contributed by atoms with van der Waals surface area (Å²) in [5.41, 5.74) is 2.65. The van der Waals surface area contributed by atoms with Crippen LogP contribution in [0.25, 0.3) is 10.9 Å². The summed E-state index contributed by atoms with van der Waals surface area (Å²) in [5.74, 6) is 0. The third kappa shape index (κ3) is 4.10. The van der Waals surface area contributed by atoms with Gasteiger partial charge in [-0.3, -0.25) is 9.69 Å². The maximum Gasteiger partial charge on any atom is 0.252 e. The molecule has 4 heteroatoms. The lowest BCUT2D eigenvalue weighted by Gasteiger charge is -2.23. The largest absolute Gasteiger partial charge is 0.392 e. The van der Waals surface area contributed by atoms with Crippen molar-refractivity contribution in [3.05, 3.63) is 82.1 Å². The third-order valence-corrected chi connectivity index (χ3v) is 4.00. The van der Waals surface area contributed by atoms with Gasteiger partial charge in [-0.05, 0) is 30.0 Å². The number of benzene rings is 2. The second kappa shape index (κ2) is 7.43.